The number of rotatable bonds is 4. The first-order valence-electron chi connectivity index (χ1n) is 6.33. The number of carboxylic acids is 1. The molecular formula is C13H22N2O3. The zero-order valence-corrected chi connectivity index (χ0v) is 11.3. The number of carbonyl (C=O) groups excluding carboxylic acids is 1. The van der Waals surface area contributed by atoms with E-state index in [0.29, 0.717) is 13.1 Å². The van der Waals surface area contributed by atoms with Gasteiger partial charge in [0.25, 0.3) is 0 Å². The van der Waals surface area contributed by atoms with Crippen LogP contribution < -0.4 is 5.32 Å². The van der Waals surface area contributed by atoms with Crippen LogP contribution in [-0.4, -0.2) is 41.1 Å². The van der Waals surface area contributed by atoms with E-state index in [4.69, 9.17) is 5.11 Å². The highest BCUT2D eigenvalue weighted by atomic mass is 16.4. The third-order valence-corrected chi connectivity index (χ3v) is 3.13. The molecule has 0 saturated heterocycles. The molecule has 18 heavy (non-hydrogen) atoms. The Kier molecular flexibility index (Phi) is 5.19. The van der Waals surface area contributed by atoms with Crippen LogP contribution in [0.3, 0.4) is 0 Å². The summed E-state index contributed by atoms with van der Waals surface area (Å²) >= 11 is 0. The van der Waals surface area contributed by atoms with Crippen LogP contribution in [0.2, 0.25) is 0 Å². The van der Waals surface area contributed by atoms with Crippen molar-refractivity contribution >= 4 is 12.0 Å². The average molecular weight is 254 g/mol. The molecule has 0 bridgehead atoms. The molecule has 0 radical (unpaired) electrons. The maximum atomic E-state index is 12.0. The van der Waals surface area contributed by atoms with Gasteiger partial charge in [-0.1, -0.05) is 25.5 Å². The molecule has 102 valence electrons. The molecular weight excluding hydrogens is 232 g/mol. The fraction of sp³-hybridized carbons (Fsp3) is 0.692. The van der Waals surface area contributed by atoms with Gasteiger partial charge in [0.15, 0.2) is 0 Å². The van der Waals surface area contributed by atoms with Crippen molar-refractivity contribution in [1.29, 1.82) is 0 Å². The second kappa shape index (κ2) is 6.42. The number of carbonyl (C=O) groups is 2. The molecule has 1 heterocycles. The van der Waals surface area contributed by atoms with E-state index in [1.807, 2.05) is 20.8 Å². The Balaban J connectivity index is 2.55. The van der Waals surface area contributed by atoms with Crippen LogP contribution in [0.4, 0.5) is 4.79 Å². The van der Waals surface area contributed by atoms with Crippen molar-refractivity contribution in [3.8, 4) is 0 Å². The Morgan fingerprint density at radius 1 is 1.50 bits per heavy atom. The van der Waals surface area contributed by atoms with E-state index in [0.717, 1.165) is 6.42 Å². The number of urea groups is 1. The smallest absolute Gasteiger partial charge is 0.317 e. The molecule has 0 fully saturated rings. The minimum absolute atomic E-state index is 0.0356. The lowest BCUT2D eigenvalue weighted by molar-refractivity contribution is -0.137. The maximum Gasteiger partial charge on any atom is 0.317 e. The van der Waals surface area contributed by atoms with Gasteiger partial charge in [0.05, 0.1) is 6.42 Å². The van der Waals surface area contributed by atoms with Crippen LogP contribution in [-0.2, 0) is 4.79 Å². The monoisotopic (exact) mass is 254 g/mol. The Bertz CT molecular complexity index is 350. The van der Waals surface area contributed by atoms with E-state index < -0.39 is 5.97 Å². The summed E-state index contributed by atoms with van der Waals surface area (Å²) in [6, 6.07) is -0.483. The van der Waals surface area contributed by atoms with Crippen LogP contribution in [0.1, 0.15) is 33.6 Å². The Morgan fingerprint density at radius 2 is 2.17 bits per heavy atom. The minimum Gasteiger partial charge on any atom is -0.481 e. The highest BCUT2D eigenvalue weighted by molar-refractivity contribution is 5.76. The predicted molar refractivity (Wildman–Crippen MR) is 69.4 cm³/mol. The zero-order chi connectivity index (χ0) is 13.7. The molecule has 0 aromatic rings. The van der Waals surface area contributed by atoms with Crippen molar-refractivity contribution in [3.63, 3.8) is 0 Å². The molecule has 0 aromatic heterocycles. The molecule has 1 unspecified atom stereocenters. The normalized spacial score (nSPS) is 17.3. The van der Waals surface area contributed by atoms with Gasteiger partial charge in [0.1, 0.15) is 0 Å². The molecule has 0 saturated carbocycles. The molecule has 1 atom stereocenters. The highest BCUT2D eigenvalue weighted by Crippen LogP contribution is 2.11. The van der Waals surface area contributed by atoms with Gasteiger partial charge in [-0.15, -0.1) is 0 Å². The zero-order valence-electron chi connectivity index (χ0n) is 11.3. The van der Waals surface area contributed by atoms with Crippen LogP contribution in [0.5, 0.6) is 0 Å². The van der Waals surface area contributed by atoms with E-state index in [1.165, 1.54) is 5.57 Å². The van der Waals surface area contributed by atoms with Crippen LogP contribution in [0.15, 0.2) is 11.6 Å². The quantitative estimate of drug-likeness (QED) is 0.752. The van der Waals surface area contributed by atoms with Gasteiger partial charge in [0.2, 0.25) is 0 Å². The molecule has 0 aliphatic carbocycles. The summed E-state index contributed by atoms with van der Waals surface area (Å²) in [6.07, 6.45) is 2.96. The lowest BCUT2D eigenvalue weighted by Gasteiger charge is -2.29. The number of aliphatic carboxylic acids is 1. The molecule has 1 aliphatic rings. The summed E-state index contributed by atoms with van der Waals surface area (Å²) in [5, 5.41) is 11.6. The molecule has 1 rings (SSSR count). The van der Waals surface area contributed by atoms with E-state index >= 15 is 0 Å². The van der Waals surface area contributed by atoms with Crippen molar-refractivity contribution in [2.45, 2.75) is 39.7 Å². The van der Waals surface area contributed by atoms with E-state index in [1.54, 1.807) is 4.90 Å². The summed E-state index contributed by atoms with van der Waals surface area (Å²) in [4.78, 5) is 24.5. The van der Waals surface area contributed by atoms with Crippen molar-refractivity contribution < 1.29 is 14.7 Å². The summed E-state index contributed by atoms with van der Waals surface area (Å²) in [5.74, 6) is -0.782. The number of amides is 2. The summed E-state index contributed by atoms with van der Waals surface area (Å²) in [6.45, 7) is 7.14. The molecule has 2 amide bonds. The van der Waals surface area contributed by atoms with Gasteiger partial charge in [-0.25, -0.2) is 4.79 Å². The van der Waals surface area contributed by atoms with E-state index in [-0.39, 0.29) is 24.4 Å². The van der Waals surface area contributed by atoms with Gasteiger partial charge in [-0.2, -0.15) is 0 Å². The molecule has 0 aromatic carbocycles. The van der Waals surface area contributed by atoms with E-state index in [2.05, 4.69) is 11.4 Å². The Labute approximate surface area is 108 Å². The summed E-state index contributed by atoms with van der Waals surface area (Å²) < 4.78 is 0. The van der Waals surface area contributed by atoms with Crippen LogP contribution in [0, 0.1) is 5.92 Å². The maximum absolute atomic E-state index is 12.0. The summed E-state index contributed by atoms with van der Waals surface area (Å²) in [5.41, 5.74) is 1.18. The number of carboxylic acid groups (broad SMARTS) is 1. The van der Waals surface area contributed by atoms with Crippen molar-refractivity contribution in [3.05, 3.63) is 11.6 Å². The second-order valence-corrected chi connectivity index (χ2v) is 5.16. The fourth-order valence-corrected chi connectivity index (χ4v) is 1.98. The second-order valence-electron chi connectivity index (χ2n) is 5.16. The number of nitrogens with zero attached hydrogens (tertiary/aromatic N) is 1. The molecule has 5 nitrogen and oxygen atoms in total. The van der Waals surface area contributed by atoms with Gasteiger partial charge >= 0.3 is 12.0 Å². The van der Waals surface area contributed by atoms with Crippen LogP contribution in [0.25, 0.3) is 0 Å². The largest absolute Gasteiger partial charge is 0.481 e. The molecule has 0 spiro atoms. The fourth-order valence-electron chi connectivity index (χ4n) is 1.98. The Morgan fingerprint density at radius 3 is 2.67 bits per heavy atom. The van der Waals surface area contributed by atoms with Gasteiger partial charge in [-0.3, -0.25) is 4.79 Å². The molecule has 5 heteroatoms. The first kappa shape index (κ1) is 14.5. The number of nitrogens with one attached hydrogen (secondary N) is 1. The minimum atomic E-state index is -0.885. The van der Waals surface area contributed by atoms with Crippen molar-refractivity contribution in [2.24, 2.45) is 5.92 Å². The first-order valence-corrected chi connectivity index (χ1v) is 6.33. The Hall–Kier alpha value is -1.52. The highest BCUT2D eigenvalue weighted by Gasteiger charge is 2.23. The standard InChI is InChI=1S/C13H22N2O3/c1-9(2)11(7-12(16)17)14-13(18)15-6-4-5-10(3)8-15/h5,9,11H,4,6-8H2,1-3H3,(H,14,18)(H,16,17). The van der Waals surface area contributed by atoms with Gasteiger partial charge in [0, 0.05) is 19.1 Å². The molecule has 2 N–H and O–H groups in total. The lowest BCUT2D eigenvalue weighted by atomic mass is 10.0. The van der Waals surface area contributed by atoms with Crippen molar-refractivity contribution in [2.75, 3.05) is 13.1 Å². The first-order chi connectivity index (χ1) is 8.40. The van der Waals surface area contributed by atoms with Crippen molar-refractivity contribution in [1.82, 2.24) is 10.2 Å². The molecule has 1 aliphatic heterocycles. The number of hydrogen-bond acceptors (Lipinski definition) is 2. The van der Waals surface area contributed by atoms with Gasteiger partial charge in [-0.05, 0) is 19.3 Å². The topological polar surface area (TPSA) is 69.6 Å². The average Bonchev–Trinajstić information content (AvgIpc) is 2.27. The number of hydrogen-bond donors (Lipinski definition) is 2. The summed E-state index contributed by atoms with van der Waals surface area (Å²) in [7, 11) is 0. The SMILES string of the molecule is CC1=CCCN(C(=O)NC(CC(=O)O)C(C)C)C1. The predicted octanol–water partition coefficient (Wildman–Crippen LogP) is 1.85. The van der Waals surface area contributed by atoms with Gasteiger partial charge < -0.3 is 15.3 Å². The van der Waals surface area contributed by atoms with Crippen LogP contribution >= 0.6 is 0 Å². The third-order valence-electron chi connectivity index (χ3n) is 3.13. The van der Waals surface area contributed by atoms with E-state index in [9.17, 15) is 9.59 Å². The lowest BCUT2D eigenvalue weighted by Crippen LogP contribution is -2.48. The third kappa shape index (κ3) is 4.39.